The second-order valence-electron chi connectivity index (χ2n) is 5.40. The highest BCUT2D eigenvalue weighted by Crippen LogP contribution is 2.00. The van der Waals surface area contributed by atoms with E-state index in [1.165, 1.54) is 0 Å². The van der Waals surface area contributed by atoms with Crippen molar-refractivity contribution in [2.45, 2.75) is 18.9 Å². The third-order valence-corrected chi connectivity index (χ3v) is 2.90. The molecule has 19 heteroatoms. The molecule has 5 N–H and O–H groups in total. The molecule has 0 aliphatic rings. The summed E-state index contributed by atoms with van der Waals surface area (Å²) in [7, 11) is 2.21. The van der Waals surface area contributed by atoms with Gasteiger partial charge >= 0.3 is 30.3 Å². The SMILES string of the molecule is COOC(=O)NCONC(=O)OCC(COC(=O)NOCNC(=O)OOC)OCCCC(=O)O. The highest BCUT2D eigenvalue weighted by atomic mass is 17.2. The van der Waals surface area contributed by atoms with E-state index in [4.69, 9.17) is 19.3 Å². The summed E-state index contributed by atoms with van der Waals surface area (Å²) in [6.45, 7) is -1.86. The van der Waals surface area contributed by atoms with Crippen LogP contribution < -0.4 is 21.6 Å². The van der Waals surface area contributed by atoms with E-state index in [0.717, 1.165) is 14.2 Å². The molecule has 0 aromatic heterocycles. The number of aliphatic carboxylic acids is 1. The molecule has 0 aliphatic carbocycles. The van der Waals surface area contributed by atoms with E-state index in [-0.39, 0.29) is 19.4 Å². The fourth-order valence-corrected chi connectivity index (χ4v) is 1.60. The van der Waals surface area contributed by atoms with Gasteiger partial charge in [-0.1, -0.05) is 0 Å². The lowest BCUT2D eigenvalue weighted by Crippen LogP contribution is -2.37. The normalized spacial score (nSPS) is 10.1. The van der Waals surface area contributed by atoms with Gasteiger partial charge in [0.05, 0.1) is 14.2 Å². The Balaban J connectivity index is 4.29. The summed E-state index contributed by atoms with van der Waals surface area (Å²) in [5.41, 5.74) is 3.67. The van der Waals surface area contributed by atoms with Gasteiger partial charge in [0.1, 0.15) is 32.8 Å². The highest BCUT2D eigenvalue weighted by Gasteiger charge is 2.16. The van der Waals surface area contributed by atoms with Gasteiger partial charge in [0, 0.05) is 13.0 Å². The summed E-state index contributed by atoms with van der Waals surface area (Å²) in [6.07, 6.45) is -5.13. The van der Waals surface area contributed by atoms with E-state index in [0.29, 0.717) is 0 Å². The second-order valence-corrected chi connectivity index (χ2v) is 5.40. The minimum atomic E-state index is -1.08. The molecule has 0 unspecified atom stereocenters. The zero-order valence-corrected chi connectivity index (χ0v) is 18.2. The molecule has 196 valence electrons. The second kappa shape index (κ2) is 20.0. The van der Waals surface area contributed by atoms with Crippen LogP contribution in [0, 0.1) is 0 Å². The van der Waals surface area contributed by atoms with Crippen molar-refractivity contribution >= 4 is 30.3 Å². The van der Waals surface area contributed by atoms with Gasteiger partial charge in [-0.2, -0.15) is 20.7 Å². The Hall–Kier alpha value is -3.65. The molecule has 0 aliphatic heterocycles. The minimum absolute atomic E-state index is 0.0447. The number of carboxylic acid groups (broad SMARTS) is 1. The Kier molecular flexibility index (Phi) is 17.8. The fraction of sp³-hybridized carbons (Fsp3) is 0.667. The van der Waals surface area contributed by atoms with Gasteiger partial charge in [0.25, 0.3) is 0 Å². The van der Waals surface area contributed by atoms with E-state index in [1.807, 2.05) is 21.6 Å². The molecule has 0 saturated heterocycles. The molecule has 0 rings (SSSR count). The van der Waals surface area contributed by atoms with E-state index < -0.39 is 63.1 Å². The van der Waals surface area contributed by atoms with Crippen molar-refractivity contribution in [3.05, 3.63) is 0 Å². The molecule has 4 amide bonds. The summed E-state index contributed by atoms with van der Waals surface area (Å²) in [4.78, 5) is 81.1. The Morgan fingerprint density at radius 3 is 1.65 bits per heavy atom. The van der Waals surface area contributed by atoms with Crippen molar-refractivity contribution in [1.82, 2.24) is 21.6 Å². The molecule has 19 nitrogen and oxygen atoms in total. The average Bonchev–Trinajstić information content (AvgIpc) is 2.78. The Morgan fingerprint density at radius 2 is 1.24 bits per heavy atom. The van der Waals surface area contributed by atoms with E-state index in [2.05, 4.69) is 29.2 Å². The molecule has 0 saturated carbocycles. The van der Waals surface area contributed by atoms with Gasteiger partial charge in [-0.25, -0.2) is 28.9 Å². The number of hydrogen-bond acceptors (Lipinski definition) is 14. The summed E-state index contributed by atoms with van der Waals surface area (Å²) in [6, 6.07) is 0. The van der Waals surface area contributed by atoms with Crippen LogP contribution in [0.4, 0.5) is 19.2 Å². The number of carboxylic acids is 1. The molecule has 0 fully saturated rings. The van der Waals surface area contributed by atoms with E-state index in [9.17, 15) is 24.0 Å². The lowest BCUT2D eigenvalue weighted by atomic mass is 10.3. The number of amides is 4. The van der Waals surface area contributed by atoms with Gasteiger partial charge in [-0.3, -0.25) is 25.2 Å². The number of ether oxygens (including phenoxy) is 3. The van der Waals surface area contributed by atoms with Gasteiger partial charge in [0.2, 0.25) is 0 Å². The third-order valence-electron chi connectivity index (χ3n) is 2.90. The number of hydroxylamine groups is 2. The first kappa shape index (κ1) is 30.3. The van der Waals surface area contributed by atoms with Crippen LogP contribution in [-0.2, 0) is 48.2 Å². The molecule has 0 spiro atoms. The highest BCUT2D eigenvalue weighted by molar-refractivity contribution is 5.67. The Labute approximate surface area is 191 Å². The zero-order chi connectivity index (χ0) is 25.6. The molecule has 0 bridgehead atoms. The molecule has 34 heavy (non-hydrogen) atoms. The molecule has 0 atom stereocenters. The minimum Gasteiger partial charge on any atom is -0.481 e. The van der Waals surface area contributed by atoms with Crippen LogP contribution in [0.25, 0.3) is 0 Å². The van der Waals surface area contributed by atoms with Crippen LogP contribution in [0.5, 0.6) is 0 Å². The first-order chi connectivity index (χ1) is 16.3. The van der Waals surface area contributed by atoms with E-state index in [1.54, 1.807) is 0 Å². The van der Waals surface area contributed by atoms with Crippen LogP contribution in [0.15, 0.2) is 0 Å². The third kappa shape index (κ3) is 19.1. The van der Waals surface area contributed by atoms with E-state index >= 15 is 0 Å². The lowest BCUT2D eigenvalue weighted by molar-refractivity contribution is -0.214. The number of nitrogens with one attached hydrogen (secondary N) is 4. The maximum atomic E-state index is 11.6. The first-order valence-electron chi connectivity index (χ1n) is 9.18. The average molecular weight is 502 g/mol. The largest absolute Gasteiger partial charge is 0.481 e. The summed E-state index contributed by atoms with van der Waals surface area (Å²) in [5.74, 6) is -1.04. The molecular weight excluding hydrogens is 476 g/mol. The van der Waals surface area contributed by atoms with Crippen LogP contribution in [0.2, 0.25) is 0 Å². The first-order valence-corrected chi connectivity index (χ1v) is 9.18. The van der Waals surface area contributed by atoms with Crippen LogP contribution in [0.3, 0.4) is 0 Å². The fourth-order valence-electron chi connectivity index (χ4n) is 1.60. The molecular formula is C15H26N4O15. The van der Waals surface area contributed by atoms with Crippen molar-refractivity contribution < 1.29 is 72.5 Å². The monoisotopic (exact) mass is 502 g/mol. The molecule has 0 heterocycles. The Bertz CT molecular complexity index is 593. The van der Waals surface area contributed by atoms with Gasteiger partial charge in [0.15, 0.2) is 0 Å². The summed E-state index contributed by atoms with van der Waals surface area (Å²) < 4.78 is 15.0. The van der Waals surface area contributed by atoms with Crippen molar-refractivity contribution in [2.24, 2.45) is 0 Å². The van der Waals surface area contributed by atoms with Crippen molar-refractivity contribution in [2.75, 3.05) is 47.5 Å². The van der Waals surface area contributed by atoms with Crippen LogP contribution in [0.1, 0.15) is 12.8 Å². The van der Waals surface area contributed by atoms with Crippen molar-refractivity contribution in [3.8, 4) is 0 Å². The topological polar surface area (TPSA) is 237 Å². The summed E-state index contributed by atoms with van der Waals surface area (Å²) in [5, 5.41) is 12.7. The number of rotatable bonds is 17. The van der Waals surface area contributed by atoms with Crippen molar-refractivity contribution in [1.29, 1.82) is 0 Å². The number of carbonyl (C=O) groups excluding carboxylic acids is 4. The Morgan fingerprint density at radius 1 is 0.765 bits per heavy atom. The predicted molar refractivity (Wildman–Crippen MR) is 101 cm³/mol. The lowest BCUT2D eigenvalue weighted by Gasteiger charge is -2.18. The van der Waals surface area contributed by atoms with Crippen LogP contribution in [-0.4, -0.2) is 89.1 Å². The van der Waals surface area contributed by atoms with Gasteiger partial charge in [-0.05, 0) is 6.42 Å². The van der Waals surface area contributed by atoms with Crippen LogP contribution >= 0.6 is 0 Å². The maximum absolute atomic E-state index is 11.6. The summed E-state index contributed by atoms with van der Waals surface area (Å²) >= 11 is 0. The molecule has 0 aromatic carbocycles. The molecule has 0 radical (unpaired) electrons. The standard InChI is InChI=1S/C15H26N4O15/c1-26-33-12(22)16-8-31-18-14(24)29-6-10(28-5-3-4-11(20)21)7-30-15(25)19-32-9-17-13(23)34-27-2/h10H,3-9H2,1-2H3,(H,16,22)(H,17,23)(H,18,24)(H,19,25)(H,20,21). The predicted octanol–water partition coefficient (Wildman–Crippen LogP) is -0.958. The smallest absolute Gasteiger partial charge is 0.440 e. The van der Waals surface area contributed by atoms with Gasteiger partial charge in [-0.15, -0.1) is 0 Å². The van der Waals surface area contributed by atoms with Crippen molar-refractivity contribution in [3.63, 3.8) is 0 Å². The zero-order valence-electron chi connectivity index (χ0n) is 18.2. The molecule has 0 aromatic rings. The number of carbonyl (C=O) groups is 5. The van der Waals surface area contributed by atoms with Gasteiger partial charge < -0.3 is 19.3 Å². The quantitative estimate of drug-likeness (QED) is 0.0697. The number of hydrogen-bond donors (Lipinski definition) is 5. The maximum Gasteiger partial charge on any atom is 0.440 e.